The Morgan fingerprint density at radius 1 is 1.35 bits per heavy atom. The van der Waals surface area contributed by atoms with E-state index < -0.39 is 22.6 Å². The minimum Gasteiger partial charge on any atom is -0.482 e. The molecular formula is C14H16N2O5S2. The minimum absolute atomic E-state index is 0.116. The van der Waals surface area contributed by atoms with E-state index in [0.717, 1.165) is 10.6 Å². The lowest BCUT2D eigenvalue weighted by molar-refractivity contribution is -0.139. The van der Waals surface area contributed by atoms with Crippen molar-refractivity contribution in [2.75, 3.05) is 13.7 Å². The van der Waals surface area contributed by atoms with Crippen molar-refractivity contribution < 1.29 is 23.1 Å². The Balaban J connectivity index is 2.12. The molecule has 2 aromatic rings. The molecule has 0 amide bonds. The van der Waals surface area contributed by atoms with E-state index >= 15 is 0 Å². The van der Waals surface area contributed by atoms with Gasteiger partial charge in [-0.05, 0) is 31.2 Å². The average Bonchev–Trinajstić information content (AvgIpc) is 2.90. The molecule has 1 heterocycles. The predicted molar refractivity (Wildman–Crippen MR) is 85.1 cm³/mol. The van der Waals surface area contributed by atoms with Crippen molar-refractivity contribution in [2.45, 2.75) is 18.4 Å². The topological polar surface area (TPSA) is 96.8 Å². The molecule has 0 atom stereocenters. The van der Waals surface area contributed by atoms with Gasteiger partial charge in [-0.1, -0.05) is 0 Å². The van der Waals surface area contributed by atoms with Gasteiger partial charge in [-0.25, -0.2) is 18.2 Å². The molecule has 1 aromatic carbocycles. The second-order valence-electron chi connectivity index (χ2n) is 4.78. The molecule has 0 radical (unpaired) electrons. The lowest BCUT2D eigenvalue weighted by Gasteiger charge is -2.17. The maximum atomic E-state index is 12.5. The van der Waals surface area contributed by atoms with Crippen molar-refractivity contribution in [3.05, 3.63) is 40.3 Å². The van der Waals surface area contributed by atoms with Crippen LogP contribution in [-0.2, 0) is 21.4 Å². The molecule has 9 heteroatoms. The molecule has 0 spiro atoms. The zero-order valence-electron chi connectivity index (χ0n) is 12.6. The van der Waals surface area contributed by atoms with Crippen LogP contribution in [0.3, 0.4) is 0 Å². The maximum Gasteiger partial charge on any atom is 0.341 e. The first kappa shape index (κ1) is 17.4. The number of carbonyl (C=O) groups is 1. The molecule has 1 N–H and O–H groups in total. The highest BCUT2D eigenvalue weighted by Crippen LogP contribution is 2.22. The lowest BCUT2D eigenvalue weighted by Crippen LogP contribution is -2.26. The summed E-state index contributed by atoms with van der Waals surface area (Å²) < 4.78 is 31.3. The number of rotatable bonds is 7. The predicted octanol–water partition coefficient (Wildman–Crippen LogP) is 1.74. The highest BCUT2D eigenvalue weighted by atomic mass is 32.2. The number of nitrogens with zero attached hydrogens (tertiary/aromatic N) is 2. The Bertz CT molecular complexity index is 784. The number of carboxylic acids is 1. The van der Waals surface area contributed by atoms with Gasteiger partial charge in [-0.15, -0.1) is 11.3 Å². The van der Waals surface area contributed by atoms with Crippen LogP contribution >= 0.6 is 11.3 Å². The number of thiazole rings is 1. The monoisotopic (exact) mass is 356 g/mol. The van der Waals surface area contributed by atoms with Gasteiger partial charge < -0.3 is 9.84 Å². The van der Waals surface area contributed by atoms with Gasteiger partial charge >= 0.3 is 5.97 Å². The summed E-state index contributed by atoms with van der Waals surface area (Å²) in [7, 11) is -2.14. The van der Waals surface area contributed by atoms with Gasteiger partial charge in [-0.2, -0.15) is 4.31 Å². The number of aromatic nitrogens is 1. The number of aliphatic carboxylic acids is 1. The third-order valence-corrected chi connectivity index (χ3v) is 5.84. The minimum atomic E-state index is -3.64. The van der Waals surface area contributed by atoms with E-state index in [-0.39, 0.29) is 11.4 Å². The molecule has 2 rings (SSSR count). The number of ether oxygens (including phenoxy) is 1. The molecule has 7 nitrogen and oxygen atoms in total. The van der Waals surface area contributed by atoms with Crippen LogP contribution in [0.4, 0.5) is 0 Å². The molecule has 0 aliphatic carbocycles. The molecule has 0 aliphatic rings. The van der Waals surface area contributed by atoms with Crippen molar-refractivity contribution in [3.63, 3.8) is 0 Å². The van der Waals surface area contributed by atoms with E-state index in [1.807, 2.05) is 6.92 Å². The molecule has 0 saturated heterocycles. The average molecular weight is 356 g/mol. The van der Waals surface area contributed by atoms with Crippen LogP contribution in [0.15, 0.2) is 34.7 Å². The highest BCUT2D eigenvalue weighted by molar-refractivity contribution is 7.89. The number of sulfonamides is 1. The van der Waals surface area contributed by atoms with E-state index in [2.05, 4.69) is 4.98 Å². The summed E-state index contributed by atoms with van der Waals surface area (Å²) in [5, 5.41) is 8.54. The van der Waals surface area contributed by atoms with Crippen LogP contribution in [-0.4, -0.2) is 42.4 Å². The zero-order valence-corrected chi connectivity index (χ0v) is 14.2. The van der Waals surface area contributed by atoms with Crippen LogP contribution in [0, 0.1) is 6.92 Å². The first-order valence-electron chi connectivity index (χ1n) is 6.60. The third kappa shape index (κ3) is 4.27. The smallest absolute Gasteiger partial charge is 0.341 e. The van der Waals surface area contributed by atoms with Gasteiger partial charge in [0, 0.05) is 18.5 Å². The fourth-order valence-corrected chi connectivity index (χ4v) is 3.85. The lowest BCUT2D eigenvalue weighted by atomic mass is 10.3. The fourth-order valence-electron chi connectivity index (χ4n) is 1.80. The normalized spacial score (nSPS) is 11.6. The van der Waals surface area contributed by atoms with E-state index in [1.54, 1.807) is 5.51 Å². The first-order valence-corrected chi connectivity index (χ1v) is 8.92. The Morgan fingerprint density at radius 2 is 2.00 bits per heavy atom. The molecule has 0 aliphatic heterocycles. The van der Waals surface area contributed by atoms with E-state index in [4.69, 9.17) is 9.84 Å². The number of carboxylic acid groups (broad SMARTS) is 1. The number of benzene rings is 1. The van der Waals surface area contributed by atoms with Gasteiger partial charge in [0.15, 0.2) is 6.61 Å². The fraction of sp³-hybridized carbons (Fsp3) is 0.286. The summed E-state index contributed by atoms with van der Waals surface area (Å²) in [6, 6.07) is 5.65. The molecule has 0 bridgehead atoms. The molecule has 1 aromatic heterocycles. The van der Waals surface area contributed by atoms with Gasteiger partial charge in [0.1, 0.15) is 5.75 Å². The largest absolute Gasteiger partial charge is 0.482 e. The molecule has 0 fully saturated rings. The van der Waals surface area contributed by atoms with Gasteiger partial charge in [0.25, 0.3) is 0 Å². The highest BCUT2D eigenvalue weighted by Gasteiger charge is 2.22. The zero-order chi connectivity index (χ0) is 17.0. The quantitative estimate of drug-likeness (QED) is 0.811. The SMILES string of the molecule is Cc1ncsc1CN(C)S(=O)(=O)c1ccc(OCC(=O)O)cc1. The number of aryl methyl sites for hydroxylation is 1. The standard InChI is InChI=1S/C14H16N2O5S2/c1-10-13(22-9-15-10)7-16(2)23(19,20)12-5-3-11(4-6-12)21-8-14(17)18/h3-6,9H,7-8H2,1-2H3,(H,17,18). The van der Waals surface area contributed by atoms with Crippen LogP contribution < -0.4 is 4.74 Å². The summed E-state index contributed by atoms with van der Waals surface area (Å²) in [5.74, 6) is -0.798. The summed E-state index contributed by atoms with van der Waals surface area (Å²) in [6.45, 7) is 1.60. The second kappa shape index (κ2) is 7.07. The molecule has 23 heavy (non-hydrogen) atoms. The molecule has 0 saturated carbocycles. The Kier molecular flexibility index (Phi) is 5.34. The van der Waals surface area contributed by atoms with E-state index in [9.17, 15) is 13.2 Å². The van der Waals surface area contributed by atoms with Crippen molar-refractivity contribution in [2.24, 2.45) is 0 Å². The third-order valence-electron chi connectivity index (χ3n) is 3.11. The summed E-state index contributed by atoms with van der Waals surface area (Å²) in [5.41, 5.74) is 2.49. The van der Waals surface area contributed by atoms with Crippen molar-refractivity contribution >= 4 is 27.3 Å². The summed E-state index contributed by atoms with van der Waals surface area (Å²) >= 11 is 1.41. The van der Waals surface area contributed by atoms with Crippen LogP contribution in [0.1, 0.15) is 10.6 Å². The van der Waals surface area contributed by atoms with Crippen molar-refractivity contribution in [1.82, 2.24) is 9.29 Å². The second-order valence-corrected chi connectivity index (χ2v) is 7.76. The maximum absolute atomic E-state index is 12.5. The first-order chi connectivity index (χ1) is 10.8. The van der Waals surface area contributed by atoms with Gasteiger partial charge in [0.2, 0.25) is 10.0 Å². The Labute approximate surface area is 138 Å². The Morgan fingerprint density at radius 3 is 2.52 bits per heavy atom. The van der Waals surface area contributed by atoms with Crippen LogP contribution in [0.25, 0.3) is 0 Å². The van der Waals surface area contributed by atoms with Gasteiger partial charge in [-0.3, -0.25) is 0 Å². The van der Waals surface area contributed by atoms with E-state index in [1.165, 1.54) is 47.0 Å². The Hall–Kier alpha value is -1.97. The van der Waals surface area contributed by atoms with Crippen LogP contribution in [0.2, 0.25) is 0 Å². The van der Waals surface area contributed by atoms with Crippen molar-refractivity contribution in [1.29, 1.82) is 0 Å². The number of hydrogen-bond acceptors (Lipinski definition) is 6. The molecule has 124 valence electrons. The number of hydrogen-bond donors (Lipinski definition) is 1. The molecular weight excluding hydrogens is 340 g/mol. The van der Waals surface area contributed by atoms with Crippen molar-refractivity contribution in [3.8, 4) is 5.75 Å². The summed E-state index contributed by atoms with van der Waals surface area (Å²) in [4.78, 5) is 15.5. The van der Waals surface area contributed by atoms with Crippen LogP contribution in [0.5, 0.6) is 5.75 Å². The summed E-state index contributed by atoms with van der Waals surface area (Å²) in [6.07, 6.45) is 0. The van der Waals surface area contributed by atoms with E-state index in [0.29, 0.717) is 5.75 Å². The molecule has 0 unspecified atom stereocenters. The van der Waals surface area contributed by atoms with Gasteiger partial charge in [0.05, 0.1) is 16.1 Å².